The van der Waals surface area contributed by atoms with Gasteiger partial charge >= 0.3 is 0 Å². The maximum absolute atomic E-state index is 12.0. The minimum Gasteiger partial charge on any atom is -0.326 e. The van der Waals surface area contributed by atoms with Crippen LogP contribution in [-0.4, -0.2) is 5.91 Å². The van der Waals surface area contributed by atoms with Crippen molar-refractivity contribution in [3.63, 3.8) is 0 Å². The molecule has 0 aromatic heterocycles. The monoisotopic (exact) mass is 307 g/mol. The van der Waals surface area contributed by atoms with E-state index in [0.29, 0.717) is 12.3 Å². The minimum atomic E-state index is 0.172. The lowest BCUT2D eigenvalue weighted by atomic mass is 9.86. The van der Waals surface area contributed by atoms with E-state index in [1.165, 1.54) is 25.7 Å². The summed E-state index contributed by atoms with van der Waals surface area (Å²) in [6.45, 7) is 0. The summed E-state index contributed by atoms with van der Waals surface area (Å²) >= 11 is 3.42. The third kappa shape index (κ3) is 2.61. The van der Waals surface area contributed by atoms with Gasteiger partial charge in [0.25, 0.3) is 0 Å². The molecule has 2 bridgehead atoms. The molecule has 2 aliphatic carbocycles. The Hall–Kier alpha value is -0.830. The molecule has 1 aromatic rings. The second-order valence-corrected chi connectivity index (χ2v) is 6.61. The number of hydrogen-bond donors (Lipinski definition) is 1. The van der Waals surface area contributed by atoms with E-state index in [1.807, 2.05) is 24.3 Å². The van der Waals surface area contributed by atoms with E-state index in [2.05, 4.69) is 21.2 Å². The summed E-state index contributed by atoms with van der Waals surface area (Å²) in [5.41, 5.74) is 0.887. The van der Waals surface area contributed by atoms with Crippen molar-refractivity contribution in [3.05, 3.63) is 28.7 Å². The quantitative estimate of drug-likeness (QED) is 0.890. The minimum absolute atomic E-state index is 0.172. The predicted molar refractivity (Wildman–Crippen MR) is 76.3 cm³/mol. The number of carbonyl (C=O) groups is 1. The maximum atomic E-state index is 12.0. The number of rotatable bonds is 3. The summed E-state index contributed by atoms with van der Waals surface area (Å²) in [5.74, 6) is 2.54. The first-order chi connectivity index (χ1) is 8.70. The molecule has 96 valence electrons. The van der Waals surface area contributed by atoms with E-state index in [1.54, 1.807) is 0 Å². The lowest BCUT2D eigenvalue weighted by Crippen LogP contribution is -2.20. The highest BCUT2D eigenvalue weighted by Gasteiger charge is 2.40. The highest BCUT2D eigenvalue weighted by Crippen LogP contribution is 2.49. The molecule has 1 aromatic carbocycles. The average molecular weight is 308 g/mol. The molecule has 0 spiro atoms. The fourth-order valence-corrected chi connectivity index (χ4v) is 4.04. The smallest absolute Gasteiger partial charge is 0.224 e. The van der Waals surface area contributed by atoms with E-state index >= 15 is 0 Å². The Balaban J connectivity index is 1.56. The van der Waals surface area contributed by atoms with Crippen LogP contribution in [0.15, 0.2) is 28.7 Å². The van der Waals surface area contributed by atoms with Crippen LogP contribution < -0.4 is 5.32 Å². The largest absolute Gasteiger partial charge is 0.326 e. The van der Waals surface area contributed by atoms with Gasteiger partial charge in [0.2, 0.25) is 5.91 Å². The number of hydrogen-bond acceptors (Lipinski definition) is 1. The van der Waals surface area contributed by atoms with Gasteiger partial charge in [-0.05, 0) is 55.2 Å². The molecule has 2 fully saturated rings. The third-order valence-electron chi connectivity index (χ3n) is 4.44. The molecule has 3 heteroatoms. The fourth-order valence-electron chi connectivity index (χ4n) is 3.64. The molecule has 0 saturated heterocycles. The van der Waals surface area contributed by atoms with Gasteiger partial charge in [-0.15, -0.1) is 0 Å². The van der Waals surface area contributed by atoms with E-state index in [4.69, 9.17) is 0 Å². The zero-order valence-electron chi connectivity index (χ0n) is 10.4. The van der Waals surface area contributed by atoms with Crippen molar-refractivity contribution in [2.75, 3.05) is 5.32 Å². The van der Waals surface area contributed by atoms with Gasteiger partial charge in [0.15, 0.2) is 0 Å². The summed E-state index contributed by atoms with van der Waals surface area (Å²) in [4.78, 5) is 12.0. The SMILES string of the molecule is O=C(CC1CC2CCC1C2)Nc1cccc(Br)c1. The molecule has 0 radical (unpaired) electrons. The second kappa shape index (κ2) is 5.04. The highest BCUT2D eigenvalue weighted by atomic mass is 79.9. The van der Waals surface area contributed by atoms with Gasteiger partial charge in [0.1, 0.15) is 0 Å². The topological polar surface area (TPSA) is 29.1 Å². The number of amides is 1. The molecule has 1 amide bonds. The van der Waals surface area contributed by atoms with Crippen molar-refractivity contribution in [1.82, 2.24) is 0 Å². The third-order valence-corrected chi connectivity index (χ3v) is 4.93. The normalized spacial score (nSPS) is 29.5. The summed E-state index contributed by atoms with van der Waals surface area (Å²) in [6.07, 6.45) is 6.09. The molecule has 2 nitrogen and oxygen atoms in total. The van der Waals surface area contributed by atoms with Gasteiger partial charge in [-0.1, -0.05) is 28.4 Å². The van der Waals surface area contributed by atoms with Crippen molar-refractivity contribution >= 4 is 27.5 Å². The maximum Gasteiger partial charge on any atom is 0.224 e. The van der Waals surface area contributed by atoms with Crippen molar-refractivity contribution in [3.8, 4) is 0 Å². The Kier molecular flexibility index (Phi) is 3.42. The summed E-state index contributed by atoms with van der Waals surface area (Å²) in [5, 5.41) is 3.00. The number of fused-ring (bicyclic) bond motifs is 2. The van der Waals surface area contributed by atoms with Crippen LogP contribution in [0.5, 0.6) is 0 Å². The fraction of sp³-hybridized carbons (Fsp3) is 0.533. The van der Waals surface area contributed by atoms with Gasteiger partial charge < -0.3 is 5.32 Å². The molecule has 2 saturated carbocycles. The first-order valence-electron chi connectivity index (χ1n) is 6.76. The second-order valence-electron chi connectivity index (χ2n) is 5.70. The van der Waals surface area contributed by atoms with Crippen LogP contribution in [0.3, 0.4) is 0 Å². The van der Waals surface area contributed by atoms with Gasteiger partial charge in [-0.2, -0.15) is 0 Å². The van der Waals surface area contributed by atoms with Crippen LogP contribution in [0.1, 0.15) is 32.1 Å². The zero-order valence-corrected chi connectivity index (χ0v) is 11.9. The number of carbonyl (C=O) groups excluding carboxylic acids is 1. The Morgan fingerprint density at radius 1 is 1.33 bits per heavy atom. The van der Waals surface area contributed by atoms with Crippen molar-refractivity contribution < 1.29 is 4.79 Å². The first kappa shape index (κ1) is 12.2. The van der Waals surface area contributed by atoms with Crippen molar-refractivity contribution in [1.29, 1.82) is 0 Å². The lowest BCUT2D eigenvalue weighted by Gasteiger charge is -2.20. The molecule has 18 heavy (non-hydrogen) atoms. The van der Waals surface area contributed by atoms with Gasteiger partial charge in [0, 0.05) is 16.6 Å². The standard InChI is InChI=1S/C15H18BrNO/c16-13-2-1-3-14(9-13)17-15(18)8-12-7-10-4-5-11(12)6-10/h1-3,9-12H,4-8H2,(H,17,18). The van der Waals surface area contributed by atoms with E-state index in [0.717, 1.165) is 22.0 Å². The van der Waals surface area contributed by atoms with Crippen molar-refractivity contribution in [2.45, 2.75) is 32.1 Å². The molecule has 2 aliphatic rings. The van der Waals surface area contributed by atoms with E-state index < -0.39 is 0 Å². The predicted octanol–water partition coefficient (Wildman–Crippen LogP) is 4.21. The van der Waals surface area contributed by atoms with Gasteiger partial charge in [-0.3, -0.25) is 4.79 Å². The highest BCUT2D eigenvalue weighted by molar-refractivity contribution is 9.10. The summed E-state index contributed by atoms with van der Waals surface area (Å²) < 4.78 is 1.00. The molecular formula is C15H18BrNO. The molecule has 1 N–H and O–H groups in total. The first-order valence-corrected chi connectivity index (χ1v) is 7.55. The van der Waals surface area contributed by atoms with Crippen LogP contribution in [0.25, 0.3) is 0 Å². The Morgan fingerprint density at radius 3 is 2.89 bits per heavy atom. The van der Waals surface area contributed by atoms with Crippen LogP contribution in [0.4, 0.5) is 5.69 Å². The molecule has 3 atom stereocenters. The van der Waals surface area contributed by atoms with E-state index in [-0.39, 0.29) is 5.91 Å². The molecule has 0 heterocycles. The van der Waals surface area contributed by atoms with Crippen LogP contribution >= 0.6 is 15.9 Å². The van der Waals surface area contributed by atoms with Crippen molar-refractivity contribution in [2.24, 2.45) is 17.8 Å². The van der Waals surface area contributed by atoms with Crippen LogP contribution in [0, 0.1) is 17.8 Å². The van der Waals surface area contributed by atoms with Crippen LogP contribution in [-0.2, 0) is 4.79 Å². The van der Waals surface area contributed by atoms with Crippen LogP contribution in [0.2, 0.25) is 0 Å². The Labute approximate surface area is 116 Å². The molecule has 3 rings (SSSR count). The van der Waals surface area contributed by atoms with E-state index in [9.17, 15) is 4.79 Å². The summed E-state index contributed by atoms with van der Waals surface area (Å²) in [7, 11) is 0. The molecular weight excluding hydrogens is 290 g/mol. The number of halogens is 1. The Bertz CT molecular complexity index is 460. The Morgan fingerprint density at radius 2 is 2.22 bits per heavy atom. The average Bonchev–Trinajstić information content (AvgIpc) is 2.90. The number of benzene rings is 1. The molecule has 0 aliphatic heterocycles. The lowest BCUT2D eigenvalue weighted by molar-refractivity contribution is -0.117. The number of anilines is 1. The summed E-state index contributed by atoms with van der Waals surface area (Å²) in [6, 6.07) is 7.78. The zero-order chi connectivity index (χ0) is 12.5. The number of nitrogens with one attached hydrogen (secondary N) is 1. The van der Waals surface area contributed by atoms with Gasteiger partial charge in [0.05, 0.1) is 0 Å². The molecule has 3 unspecified atom stereocenters. The van der Waals surface area contributed by atoms with Gasteiger partial charge in [-0.25, -0.2) is 0 Å².